The van der Waals surface area contributed by atoms with Crippen LogP contribution in [0.25, 0.3) is 0 Å². The Kier molecular flexibility index (Phi) is 9.27. The Morgan fingerprint density at radius 2 is 1.79 bits per heavy atom. The molecule has 0 bridgehead atoms. The average molecular weight is 615 g/mol. The largest absolute Gasteiger partial charge is 0.462 e. The molecule has 1 aliphatic rings. The molecule has 0 aromatic heterocycles. The number of nitriles is 1. The summed E-state index contributed by atoms with van der Waals surface area (Å²) < 4.78 is 36.5. The van der Waals surface area contributed by atoms with Gasteiger partial charge in [-0.25, -0.2) is 13.6 Å². The Morgan fingerprint density at radius 3 is 2.38 bits per heavy atom. The molecular weight excluding hydrogens is 583 g/mol. The summed E-state index contributed by atoms with van der Waals surface area (Å²) in [5.41, 5.74) is -1.44. The van der Waals surface area contributed by atoms with E-state index in [1.165, 1.54) is 54.6 Å². The van der Waals surface area contributed by atoms with E-state index in [-0.39, 0.29) is 33.2 Å². The number of halogens is 4. The lowest BCUT2D eigenvalue weighted by molar-refractivity contribution is -0.118. The molecule has 42 heavy (non-hydrogen) atoms. The Bertz CT molecular complexity index is 1540. The standard InChI is InChI=1S/C32H31Cl2F2N3O3/c1-5-42-30(41)18-9-12-20(13-10-18)38-29(40)28-26(21-7-6-8-23(34)27(21)36)32(17-37,25(39-28)16-31(2,3)4)22-14-11-19(33)15-24(22)35/h6-15,25-26,28,39H,5,16H2,1-4H3,(H,38,40)/t25-,26?,28+,32-/m0/s1. The fraction of sp³-hybridized carbons (Fsp3) is 0.344. The molecule has 0 aliphatic carbocycles. The quantitative estimate of drug-likeness (QED) is 0.271. The van der Waals surface area contributed by atoms with E-state index in [2.05, 4.69) is 16.7 Å². The minimum Gasteiger partial charge on any atom is -0.462 e. The highest BCUT2D eigenvalue weighted by Gasteiger charge is 2.61. The predicted octanol–water partition coefficient (Wildman–Crippen LogP) is 7.41. The molecule has 0 spiro atoms. The van der Waals surface area contributed by atoms with Crippen LogP contribution in [0.4, 0.5) is 14.5 Å². The zero-order valence-electron chi connectivity index (χ0n) is 23.6. The van der Waals surface area contributed by atoms with Gasteiger partial charge in [0, 0.05) is 28.2 Å². The second-order valence-corrected chi connectivity index (χ2v) is 12.3. The van der Waals surface area contributed by atoms with Crippen LogP contribution in [-0.2, 0) is 14.9 Å². The molecule has 1 amide bonds. The average Bonchev–Trinajstić information content (AvgIpc) is 3.23. The molecule has 0 saturated carbocycles. The number of anilines is 1. The number of carbonyl (C=O) groups is 2. The molecule has 1 unspecified atom stereocenters. The third-order valence-electron chi connectivity index (χ3n) is 7.40. The van der Waals surface area contributed by atoms with E-state index in [4.69, 9.17) is 27.9 Å². The Morgan fingerprint density at radius 1 is 1.10 bits per heavy atom. The molecule has 4 atom stereocenters. The van der Waals surface area contributed by atoms with Crippen LogP contribution < -0.4 is 10.6 Å². The monoisotopic (exact) mass is 613 g/mol. The van der Waals surface area contributed by atoms with Gasteiger partial charge in [0.05, 0.1) is 29.3 Å². The van der Waals surface area contributed by atoms with Crippen molar-refractivity contribution in [1.29, 1.82) is 5.26 Å². The van der Waals surface area contributed by atoms with Gasteiger partial charge in [-0.3, -0.25) is 4.79 Å². The lowest BCUT2D eigenvalue weighted by atomic mass is 9.62. The molecule has 1 aliphatic heterocycles. The molecule has 6 nitrogen and oxygen atoms in total. The van der Waals surface area contributed by atoms with Crippen LogP contribution in [0, 0.1) is 28.4 Å². The minimum atomic E-state index is -1.73. The lowest BCUT2D eigenvalue weighted by Gasteiger charge is -2.37. The number of hydrogen-bond acceptors (Lipinski definition) is 5. The van der Waals surface area contributed by atoms with E-state index in [1.54, 1.807) is 6.92 Å². The van der Waals surface area contributed by atoms with Gasteiger partial charge in [0.2, 0.25) is 5.91 Å². The summed E-state index contributed by atoms with van der Waals surface area (Å²) in [5, 5.41) is 16.9. The first kappa shape index (κ1) is 31.4. The van der Waals surface area contributed by atoms with Gasteiger partial charge in [0.25, 0.3) is 0 Å². The van der Waals surface area contributed by atoms with Crippen LogP contribution in [0.5, 0.6) is 0 Å². The van der Waals surface area contributed by atoms with E-state index in [0.717, 1.165) is 6.07 Å². The molecule has 2 N–H and O–H groups in total. The van der Waals surface area contributed by atoms with Crippen LogP contribution in [0.2, 0.25) is 10.0 Å². The van der Waals surface area contributed by atoms with Crippen molar-refractivity contribution < 1.29 is 23.1 Å². The summed E-state index contributed by atoms with van der Waals surface area (Å²) in [6, 6.07) is 14.8. The predicted molar refractivity (Wildman–Crippen MR) is 159 cm³/mol. The van der Waals surface area contributed by atoms with Gasteiger partial charge in [0.15, 0.2) is 0 Å². The molecular formula is C32H31Cl2F2N3O3. The molecule has 3 aromatic carbocycles. The highest BCUT2D eigenvalue weighted by molar-refractivity contribution is 6.31. The highest BCUT2D eigenvalue weighted by atomic mass is 35.5. The van der Waals surface area contributed by atoms with Gasteiger partial charge in [-0.1, -0.05) is 62.2 Å². The number of ether oxygens (including phenoxy) is 1. The van der Waals surface area contributed by atoms with Crippen LogP contribution in [-0.4, -0.2) is 30.6 Å². The first-order valence-corrected chi connectivity index (χ1v) is 14.2. The molecule has 10 heteroatoms. The SMILES string of the molecule is CCOC(=O)c1ccc(NC(=O)[C@@H]2N[C@@H](CC(C)(C)C)[C@](C#N)(c3ccc(Cl)cc3F)C2c2cccc(Cl)c2F)cc1. The van der Waals surface area contributed by atoms with E-state index < -0.39 is 46.9 Å². The molecule has 1 saturated heterocycles. The van der Waals surface area contributed by atoms with Gasteiger partial charge in [-0.15, -0.1) is 0 Å². The van der Waals surface area contributed by atoms with Crippen molar-refractivity contribution in [2.24, 2.45) is 5.41 Å². The van der Waals surface area contributed by atoms with Crippen LogP contribution in [0.15, 0.2) is 60.7 Å². The van der Waals surface area contributed by atoms with E-state index >= 15 is 8.78 Å². The van der Waals surface area contributed by atoms with Crippen molar-refractivity contribution in [2.75, 3.05) is 11.9 Å². The van der Waals surface area contributed by atoms with Crippen LogP contribution in [0.3, 0.4) is 0 Å². The lowest BCUT2D eigenvalue weighted by Crippen LogP contribution is -2.45. The van der Waals surface area contributed by atoms with Crippen molar-refractivity contribution in [1.82, 2.24) is 5.32 Å². The van der Waals surface area contributed by atoms with Crippen molar-refractivity contribution in [3.05, 3.63) is 99.0 Å². The first-order valence-electron chi connectivity index (χ1n) is 13.5. The van der Waals surface area contributed by atoms with Gasteiger partial charge in [0.1, 0.15) is 17.0 Å². The van der Waals surface area contributed by atoms with Crippen molar-refractivity contribution in [3.63, 3.8) is 0 Å². The zero-order valence-corrected chi connectivity index (χ0v) is 25.1. The van der Waals surface area contributed by atoms with Crippen LogP contribution >= 0.6 is 23.2 Å². The Labute approximate surface area is 254 Å². The third kappa shape index (κ3) is 6.14. The van der Waals surface area contributed by atoms with Gasteiger partial charge >= 0.3 is 5.97 Å². The Hall–Kier alpha value is -3.51. The summed E-state index contributed by atoms with van der Waals surface area (Å²) in [5.74, 6) is -3.81. The maximum absolute atomic E-state index is 15.8. The maximum Gasteiger partial charge on any atom is 0.338 e. The number of nitrogens with zero attached hydrogens (tertiary/aromatic N) is 1. The topological polar surface area (TPSA) is 91.2 Å². The fourth-order valence-electron chi connectivity index (χ4n) is 5.68. The molecule has 1 heterocycles. The number of carbonyl (C=O) groups excluding carboxylic acids is 2. The number of hydrogen-bond donors (Lipinski definition) is 2. The summed E-state index contributed by atoms with van der Waals surface area (Å²) >= 11 is 12.2. The van der Waals surface area contributed by atoms with Crippen molar-refractivity contribution in [3.8, 4) is 6.07 Å². The zero-order chi connectivity index (χ0) is 30.8. The highest BCUT2D eigenvalue weighted by Crippen LogP contribution is 2.52. The van der Waals surface area contributed by atoms with Crippen LogP contribution in [0.1, 0.15) is 61.5 Å². The van der Waals surface area contributed by atoms with E-state index in [1.807, 2.05) is 20.8 Å². The smallest absolute Gasteiger partial charge is 0.338 e. The summed E-state index contributed by atoms with van der Waals surface area (Å²) in [6.07, 6.45) is 0.347. The second kappa shape index (κ2) is 12.4. The number of rotatable bonds is 7. The normalized spacial score (nSPS) is 21.9. The van der Waals surface area contributed by atoms with Gasteiger partial charge in [-0.2, -0.15) is 5.26 Å². The summed E-state index contributed by atoms with van der Waals surface area (Å²) in [4.78, 5) is 26.0. The third-order valence-corrected chi connectivity index (χ3v) is 7.92. The van der Waals surface area contributed by atoms with E-state index in [9.17, 15) is 14.9 Å². The minimum absolute atomic E-state index is 0.000109. The molecule has 3 aromatic rings. The summed E-state index contributed by atoms with van der Waals surface area (Å²) in [6.45, 7) is 7.80. The summed E-state index contributed by atoms with van der Waals surface area (Å²) in [7, 11) is 0. The molecule has 220 valence electrons. The number of esters is 1. The maximum atomic E-state index is 15.8. The van der Waals surface area contributed by atoms with E-state index in [0.29, 0.717) is 17.7 Å². The number of benzene rings is 3. The Balaban J connectivity index is 1.87. The van der Waals surface area contributed by atoms with Crippen molar-refractivity contribution in [2.45, 2.75) is 57.5 Å². The molecule has 0 radical (unpaired) electrons. The fourth-order valence-corrected chi connectivity index (χ4v) is 6.02. The second-order valence-electron chi connectivity index (χ2n) is 11.5. The van der Waals surface area contributed by atoms with Gasteiger partial charge < -0.3 is 15.4 Å². The molecule has 4 rings (SSSR count). The number of amides is 1. The van der Waals surface area contributed by atoms with Crippen molar-refractivity contribution >= 4 is 40.8 Å². The van der Waals surface area contributed by atoms with Gasteiger partial charge in [-0.05, 0) is 66.8 Å². The molecule has 1 fully saturated rings. The first-order chi connectivity index (χ1) is 19.8. The number of nitrogens with one attached hydrogen (secondary N) is 2.